The third-order valence-corrected chi connectivity index (χ3v) is 9.54. The van der Waals surface area contributed by atoms with E-state index in [9.17, 15) is 0 Å². The highest BCUT2D eigenvalue weighted by Gasteiger charge is 2.30. The highest BCUT2D eigenvalue weighted by atomic mass is 16.3. The van der Waals surface area contributed by atoms with Crippen LogP contribution in [0.5, 0.6) is 0 Å². The molecule has 1 aliphatic rings. The molecule has 3 heterocycles. The molecule has 0 bridgehead atoms. The van der Waals surface area contributed by atoms with Crippen LogP contribution in [0.4, 0.5) is 0 Å². The molecule has 1 aliphatic carbocycles. The van der Waals surface area contributed by atoms with Gasteiger partial charge in [0.2, 0.25) is 0 Å². The zero-order valence-corrected chi connectivity index (χ0v) is 25.9. The molecule has 48 heavy (non-hydrogen) atoms. The van der Waals surface area contributed by atoms with Gasteiger partial charge in [-0.25, -0.2) is 15.0 Å². The Labute approximate surface area is 276 Å². The number of furan rings is 1. The molecule has 1 atom stereocenters. The summed E-state index contributed by atoms with van der Waals surface area (Å²) in [6.45, 7) is 0. The van der Waals surface area contributed by atoms with Crippen LogP contribution in [-0.4, -0.2) is 19.5 Å². The number of hydrogen-bond donors (Lipinski definition) is 0. The smallest absolute Gasteiger partial charge is 0.163 e. The first-order valence-corrected chi connectivity index (χ1v) is 16.3. The SMILES string of the molecule is C1=Cc2c(oc3cccc(-n4c5ccccc5c5cc6ccccc6cc54)c23)C(c2nc(-c3ccccc3)nc(-c3ccccc3)n2)C1. The topological polar surface area (TPSA) is 56.7 Å². The van der Waals surface area contributed by atoms with Crippen molar-refractivity contribution < 1.29 is 4.42 Å². The Morgan fingerprint density at radius 1 is 0.583 bits per heavy atom. The first kappa shape index (κ1) is 26.8. The molecule has 0 spiro atoms. The van der Waals surface area contributed by atoms with Crippen molar-refractivity contribution in [2.45, 2.75) is 12.3 Å². The first-order valence-electron chi connectivity index (χ1n) is 16.3. The molecule has 226 valence electrons. The van der Waals surface area contributed by atoms with Gasteiger partial charge in [-0.05, 0) is 47.5 Å². The van der Waals surface area contributed by atoms with Crippen LogP contribution in [0, 0.1) is 0 Å². The van der Waals surface area contributed by atoms with E-state index in [-0.39, 0.29) is 5.92 Å². The van der Waals surface area contributed by atoms with Gasteiger partial charge in [0.1, 0.15) is 17.2 Å². The average molecular weight is 617 g/mol. The number of aromatic nitrogens is 4. The van der Waals surface area contributed by atoms with Crippen molar-refractivity contribution in [2.75, 3.05) is 0 Å². The lowest BCUT2D eigenvalue weighted by atomic mass is 9.91. The van der Waals surface area contributed by atoms with Gasteiger partial charge in [0, 0.05) is 27.5 Å². The molecule has 5 nitrogen and oxygen atoms in total. The number of para-hydroxylation sites is 1. The largest absolute Gasteiger partial charge is 0.460 e. The molecule has 6 aromatic carbocycles. The van der Waals surface area contributed by atoms with Gasteiger partial charge in [0.25, 0.3) is 0 Å². The van der Waals surface area contributed by atoms with Crippen molar-refractivity contribution in [3.63, 3.8) is 0 Å². The van der Waals surface area contributed by atoms with Crippen LogP contribution >= 0.6 is 0 Å². The highest BCUT2D eigenvalue weighted by molar-refractivity contribution is 6.14. The molecule has 10 rings (SSSR count). The van der Waals surface area contributed by atoms with E-state index in [1.54, 1.807) is 0 Å². The van der Waals surface area contributed by atoms with E-state index >= 15 is 0 Å². The van der Waals surface area contributed by atoms with Gasteiger partial charge >= 0.3 is 0 Å². The quantitative estimate of drug-likeness (QED) is 0.197. The summed E-state index contributed by atoms with van der Waals surface area (Å²) in [5.74, 6) is 2.74. The Kier molecular flexibility index (Phi) is 5.93. The molecular formula is C43H28N4O. The Bertz CT molecular complexity index is 2650. The number of hydrogen-bond acceptors (Lipinski definition) is 4. The van der Waals surface area contributed by atoms with Gasteiger partial charge in [-0.3, -0.25) is 0 Å². The van der Waals surface area contributed by atoms with Gasteiger partial charge in [-0.1, -0.05) is 121 Å². The Balaban J connectivity index is 1.20. The minimum absolute atomic E-state index is 0.166. The monoisotopic (exact) mass is 616 g/mol. The number of rotatable bonds is 4. The minimum atomic E-state index is -0.166. The normalized spacial score (nSPS) is 14.3. The van der Waals surface area contributed by atoms with Crippen molar-refractivity contribution >= 4 is 49.6 Å². The van der Waals surface area contributed by atoms with E-state index in [1.807, 2.05) is 60.7 Å². The third kappa shape index (κ3) is 4.14. The second-order valence-electron chi connectivity index (χ2n) is 12.4. The summed E-state index contributed by atoms with van der Waals surface area (Å²) in [5, 5.41) is 6.01. The van der Waals surface area contributed by atoms with Crippen LogP contribution in [0.1, 0.15) is 29.5 Å². The number of fused-ring (bicyclic) bond motifs is 7. The van der Waals surface area contributed by atoms with E-state index in [0.717, 1.165) is 45.5 Å². The molecule has 3 aromatic heterocycles. The third-order valence-electron chi connectivity index (χ3n) is 9.54. The molecule has 0 aliphatic heterocycles. The standard InChI is InChI=1S/C43H28N4O/c1-3-13-27(14-4-1)41-44-42(28-15-5-2-6-16-28)46-43(45-41)33-21-11-20-32-39-36(23-12-24-38(39)48-40(32)33)47-35-22-10-9-19-31(35)34-25-29-17-7-8-18-30(29)26-37(34)47/h1-20,22-26,33H,21H2. The molecule has 9 aromatic rings. The highest BCUT2D eigenvalue weighted by Crippen LogP contribution is 2.44. The van der Waals surface area contributed by atoms with E-state index < -0.39 is 0 Å². The molecule has 1 unspecified atom stereocenters. The second kappa shape index (κ2) is 10.6. The van der Waals surface area contributed by atoms with Gasteiger partial charge in [-0.2, -0.15) is 0 Å². The lowest BCUT2D eigenvalue weighted by Crippen LogP contribution is -2.11. The zero-order valence-electron chi connectivity index (χ0n) is 25.9. The summed E-state index contributed by atoms with van der Waals surface area (Å²) >= 11 is 0. The summed E-state index contributed by atoms with van der Waals surface area (Å²) in [6, 6.07) is 48.5. The number of allylic oxidation sites excluding steroid dienone is 1. The van der Waals surface area contributed by atoms with Gasteiger partial charge < -0.3 is 8.98 Å². The molecule has 0 saturated heterocycles. The molecule has 5 heteroatoms. The maximum atomic E-state index is 6.82. The Morgan fingerprint density at radius 3 is 2.00 bits per heavy atom. The van der Waals surface area contributed by atoms with Crippen molar-refractivity contribution in [3.05, 3.63) is 163 Å². The van der Waals surface area contributed by atoms with Crippen molar-refractivity contribution in [2.24, 2.45) is 0 Å². The van der Waals surface area contributed by atoms with E-state index in [2.05, 4.69) is 95.6 Å². The summed E-state index contributed by atoms with van der Waals surface area (Å²) in [6.07, 6.45) is 5.17. The number of nitrogens with zero attached hydrogens (tertiary/aromatic N) is 4. The number of benzene rings is 6. The van der Waals surface area contributed by atoms with Crippen LogP contribution in [0.25, 0.3) is 78.1 Å². The van der Waals surface area contributed by atoms with E-state index in [0.29, 0.717) is 17.5 Å². The van der Waals surface area contributed by atoms with Crippen molar-refractivity contribution in [1.29, 1.82) is 0 Å². The minimum Gasteiger partial charge on any atom is -0.460 e. The van der Waals surface area contributed by atoms with E-state index in [1.165, 1.54) is 32.6 Å². The predicted octanol–water partition coefficient (Wildman–Crippen LogP) is 10.8. The van der Waals surface area contributed by atoms with Gasteiger partial charge in [0.15, 0.2) is 11.6 Å². The molecule has 0 saturated carbocycles. The molecule has 0 radical (unpaired) electrons. The summed E-state index contributed by atoms with van der Waals surface area (Å²) in [4.78, 5) is 15.1. The lowest BCUT2D eigenvalue weighted by Gasteiger charge is -2.18. The van der Waals surface area contributed by atoms with Crippen molar-refractivity contribution in [1.82, 2.24) is 19.5 Å². The Morgan fingerprint density at radius 2 is 1.25 bits per heavy atom. The van der Waals surface area contributed by atoms with Crippen molar-refractivity contribution in [3.8, 4) is 28.5 Å². The Hall–Kier alpha value is -6.33. The lowest BCUT2D eigenvalue weighted by molar-refractivity contribution is 0.506. The fourth-order valence-electron chi connectivity index (χ4n) is 7.33. The molecule has 0 amide bonds. The van der Waals surface area contributed by atoms with Crippen LogP contribution in [0.15, 0.2) is 150 Å². The fourth-order valence-corrected chi connectivity index (χ4v) is 7.33. The predicted molar refractivity (Wildman–Crippen MR) is 194 cm³/mol. The second-order valence-corrected chi connectivity index (χ2v) is 12.4. The maximum absolute atomic E-state index is 6.82. The molecule has 0 fully saturated rings. The van der Waals surface area contributed by atoms with E-state index in [4.69, 9.17) is 19.4 Å². The first-order chi connectivity index (χ1) is 23.8. The average Bonchev–Trinajstić information content (AvgIpc) is 3.70. The van der Waals surface area contributed by atoms with Gasteiger partial charge in [-0.15, -0.1) is 0 Å². The van der Waals surface area contributed by atoms with Crippen LogP contribution in [0.2, 0.25) is 0 Å². The fraction of sp³-hybridized carbons (Fsp3) is 0.0465. The van der Waals surface area contributed by atoms with Crippen LogP contribution < -0.4 is 0 Å². The molecule has 0 N–H and O–H groups in total. The maximum Gasteiger partial charge on any atom is 0.163 e. The summed E-state index contributed by atoms with van der Waals surface area (Å²) in [5.41, 5.74) is 7.26. The van der Waals surface area contributed by atoms with Gasteiger partial charge in [0.05, 0.1) is 28.0 Å². The van der Waals surface area contributed by atoms with Crippen LogP contribution in [-0.2, 0) is 0 Å². The summed E-state index contributed by atoms with van der Waals surface area (Å²) in [7, 11) is 0. The molecular weight excluding hydrogens is 589 g/mol. The summed E-state index contributed by atoms with van der Waals surface area (Å²) < 4.78 is 9.22. The van der Waals surface area contributed by atoms with Crippen LogP contribution in [0.3, 0.4) is 0 Å². The zero-order chi connectivity index (χ0) is 31.6.